The van der Waals surface area contributed by atoms with Gasteiger partial charge in [-0.1, -0.05) is 11.6 Å². The summed E-state index contributed by atoms with van der Waals surface area (Å²) in [6.07, 6.45) is 5.51. The topological polar surface area (TPSA) is 157 Å². The molecule has 14 heteroatoms. The number of anilines is 2. The van der Waals surface area contributed by atoms with Gasteiger partial charge in [0.25, 0.3) is 11.8 Å². The molecule has 3 aromatic rings. The normalized spacial score (nSPS) is 16.8. The van der Waals surface area contributed by atoms with Crippen LogP contribution in [0, 0.1) is 0 Å². The number of rotatable bonds is 8. The third-order valence-electron chi connectivity index (χ3n) is 7.03. The number of hydrogen-bond acceptors (Lipinski definition) is 9. The highest BCUT2D eigenvalue weighted by atomic mass is 35.5. The highest BCUT2D eigenvalue weighted by Crippen LogP contribution is 2.31. The molecule has 0 bridgehead atoms. The molecule has 0 spiro atoms. The van der Waals surface area contributed by atoms with Crippen LogP contribution in [0.5, 0.6) is 5.75 Å². The van der Waals surface area contributed by atoms with Crippen LogP contribution in [-0.4, -0.2) is 72.2 Å². The highest BCUT2D eigenvalue weighted by Gasteiger charge is 2.31. The minimum atomic E-state index is -3.61. The lowest BCUT2D eigenvalue weighted by Crippen LogP contribution is -2.43. The number of hydrogen-bond donors (Lipinski definition) is 2. The molecular formula is C31H36ClN5O7S. The fourth-order valence-electron chi connectivity index (χ4n) is 4.73. The largest absolute Gasteiger partial charge is 0.490 e. The molecule has 4 rings (SSSR count). The van der Waals surface area contributed by atoms with Gasteiger partial charge in [0, 0.05) is 31.7 Å². The maximum atomic E-state index is 13.6. The number of nitrogens with zero attached hydrogens (tertiary/aromatic N) is 3. The van der Waals surface area contributed by atoms with Gasteiger partial charge in [0.1, 0.15) is 17.2 Å². The minimum absolute atomic E-state index is 0.00990. The molecule has 1 fully saturated rings. The van der Waals surface area contributed by atoms with E-state index in [1.807, 2.05) is 20.8 Å². The fraction of sp³-hybridized carbons (Fsp3) is 0.387. The van der Waals surface area contributed by atoms with Crippen molar-refractivity contribution in [2.75, 3.05) is 23.9 Å². The van der Waals surface area contributed by atoms with E-state index in [2.05, 4.69) is 20.6 Å². The molecule has 3 amide bonds. The highest BCUT2D eigenvalue weighted by molar-refractivity contribution is 7.90. The van der Waals surface area contributed by atoms with Crippen molar-refractivity contribution in [1.29, 1.82) is 0 Å². The summed E-state index contributed by atoms with van der Waals surface area (Å²) in [5.41, 5.74) is -0.477. The van der Waals surface area contributed by atoms with Crippen LogP contribution in [0.4, 0.5) is 16.3 Å². The van der Waals surface area contributed by atoms with Gasteiger partial charge < -0.3 is 25.0 Å². The number of aromatic nitrogens is 2. The first-order chi connectivity index (χ1) is 21.1. The summed E-state index contributed by atoms with van der Waals surface area (Å²) in [6, 6.07) is 10.1. The standard InChI is InChI=1S/C31H36ClN5O7S/c1-31(2,3)44-30(40)37(4)20-9-11-21(12-10-20)43-25-17-22(45(5,41)42)13-14-23(25)28(38)35-24-7-6-16-33-27(24)29(39)36-26-15-8-19(32)18-34-26/h6-8,13-18,20-21H,9-12H2,1-5H3,(H,35,38)(H,34,36,39). The summed E-state index contributed by atoms with van der Waals surface area (Å²) >= 11 is 5.87. The Balaban J connectivity index is 1.51. The van der Waals surface area contributed by atoms with Gasteiger partial charge in [0.15, 0.2) is 15.5 Å². The van der Waals surface area contributed by atoms with Crippen molar-refractivity contribution >= 4 is 50.9 Å². The lowest BCUT2D eigenvalue weighted by molar-refractivity contribution is 0.0138. The maximum Gasteiger partial charge on any atom is 0.410 e. The van der Waals surface area contributed by atoms with Crippen molar-refractivity contribution in [3.05, 3.63) is 71.1 Å². The molecule has 1 aliphatic carbocycles. The monoisotopic (exact) mass is 657 g/mol. The summed E-state index contributed by atoms with van der Waals surface area (Å²) < 4.78 is 36.4. The number of carbonyl (C=O) groups excluding carboxylic acids is 3. The first-order valence-corrected chi connectivity index (χ1v) is 16.5. The number of carbonyl (C=O) groups is 3. The van der Waals surface area contributed by atoms with E-state index in [0.717, 1.165) is 6.26 Å². The molecular weight excluding hydrogens is 622 g/mol. The lowest BCUT2D eigenvalue weighted by Gasteiger charge is -2.35. The van der Waals surface area contributed by atoms with Crippen LogP contribution in [0.1, 0.15) is 67.3 Å². The number of nitrogens with one attached hydrogen (secondary N) is 2. The predicted molar refractivity (Wildman–Crippen MR) is 170 cm³/mol. The van der Waals surface area contributed by atoms with Crippen molar-refractivity contribution in [2.45, 2.75) is 69.1 Å². The molecule has 0 atom stereocenters. The van der Waals surface area contributed by atoms with Crippen molar-refractivity contribution in [3.63, 3.8) is 0 Å². The van der Waals surface area contributed by atoms with Crippen LogP contribution in [0.25, 0.3) is 0 Å². The summed E-state index contributed by atoms with van der Waals surface area (Å²) in [4.78, 5) is 48.8. The van der Waals surface area contributed by atoms with Crippen molar-refractivity contribution < 1.29 is 32.3 Å². The fourth-order valence-corrected chi connectivity index (χ4v) is 5.48. The van der Waals surface area contributed by atoms with Crippen molar-refractivity contribution in [1.82, 2.24) is 14.9 Å². The van der Waals surface area contributed by atoms with Gasteiger partial charge in [-0.15, -0.1) is 0 Å². The van der Waals surface area contributed by atoms with Gasteiger partial charge in [0.2, 0.25) is 0 Å². The first-order valence-electron chi connectivity index (χ1n) is 14.3. The molecule has 12 nitrogen and oxygen atoms in total. The molecule has 2 N–H and O–H groups in total. The van der Waals surface area contributed by atoms with Crippen LogP contribution >= 0.6 is 11.6 Å². The van der Waals surface area contributed by atoms with Crippen LogP contribution in [0.15, 0.2) is 59.8 Å². The zero-order valence-electron chi connectivity index (χ0n) is 25.7. The van der Waals surface area contributed by atoms with Crippen LogP contribution in [0.3, 0.4) is 0 Å². The summed E-state index contributed by atoms with van der Waals surface area (Å²) in [5.74, 6) is -0.918. The van der Waals surface area contributed by atoms with Gasteiger partial charge in [-0.25, -0.2) is 23.2 Å². The Morgan fingerprint density at radius 3 is 2.31 bits per heavy atom. The summed E-state index contributed by atoms with van der Waals surface area (Å²) in [6.45, 7) is 5.43. The van der Waals surface area contributed by atoms with E-state index in [1.165, 1.54) is 42.7 Å². The summed E-state index contributed by atoms with van der Waals surface area (Å²) in [7, 11) is -1.90. The SMILES string of the molecule is CN(C(=O)OC(C)(C)C)C1CCC(Oc2cc(S(C)(=O)=O)ccc2C(=O)Nc2cccnc2C(=O)Nc2ccc(Cl)cn2)CC1. The third kappa shape index (κ3) is 9.14. The van der Waals surface area contributed by atoms with Gasteiger partial charge in [-0.05, 0) is 88.9 Å². The number of ether oxygens (including phenoxy) is 2. The molecule has 45 heavy (non-hydrogen) atoms. The molecule has 1 saturated carbocycles. The van der Waals surface area contributed by atoms with Crippen LogP contribution in [-0.2, 0) is 14.6 Å². The van der Waals surface area contributed by atoms with E-state index in [9.17, 15) is 22.8 Å². The molecule has 2 heterocycles. The van der Waals surface area contributed by atoms with E-state index in [1.54, 1.807) is 24.1 Å². The zero-order valence-corrected chi connectivity index (χ0v) is 27.2. The van der Waals surface area contributed by atoms with Crippen molar-refractivity contribution in [2.24, 2.45) is 0 Å². The molecule has 0 saturated heterocycles. The van der Waals surface area contributed by atoms with E-state index >= 15 is 0 Å². The van der Waals surface area contributed by atoms with Gasteiger partial charge in [0.05, 0.1) is 27.3 Å². The summed E-state index contributed by atoms with van der Waals surface area (Å²) in [5, 5.41) is 5.71. The molecule has 0 radical (unpaired) electrons. The average molecular weight is 658 g/mol. The second-order valence-corrected chi connectivity index (χ2v) is 14.2. The van der Waals surface area contributed by atoms with Gasteiger partial charge >= 0.3 is 6.09 Å². The molecule has 1 aliphatic rings. The molecule has 0 aliphatic heterocycles. The number of halogens is 1. The quantitative estimate of drug-likeness (QED) is 0.315. The Morgan fingerprint density at radius 1 is 0.978 bits per heavy atom. The molecule has 2 aromatic heterocycles. The Labute approximate surface area is 267 Å². The predicted octanol–water partition coefficient (Wildman–Crippen LogP) is 5.60. The number of pyridine rings is 2. The van der Waals surface area contributed by atoms with E-state index in [-0.39, 0.29) is 45.6 Å². The Morgan fingerprint density at radius 2 is 1.69 bits per heavy atom. The Kier molecular flexibility index (Phi) is 10.3. The van der Waals surface area contributed by atoms with Crippen LogP contribution in [0.2, 0.25) is 5.02 Å². The molecule has 0 unspecified atom stereocenters. The smallest absolute Gasteiger partial charge is 0.410 e. The minimum Gasteiger partial charge on any atom is -0.490 e. The van der Waals surface area contributed by atoms with E-state index < -0.39 is 33.3 Å². The Bertz CT molecular complexity index is 1670. The number of sulfone groups is 1. The van der Waals surface area contributed by atoms with Crippen molar-refractivity contribution in [3.8, 4) is 5.75 Å². The van der Waals surface area contributed by atoms with E-state index in [4.69, 9.17) is 21.1 Å². The maximum absolute atomic E-state index is 13.6. The molecule has 1 aromatic carbocycles. The third-order valence-corrected chi connectivity index (χ3v) is 8.37. The zero-order chi connectivity index (χ0) is 32.9. The van der Waals surface area contributed by atoms with Gasteiger partial charge in [-0.3, -0.25) is 9.59 Å². The number of amides is 3. The Hall–Kier alpha value is -4.23. The molecule has 240 valence electrons. The lowest BCUT2D eigenvalue weighted by atomic mass is 9.92. The first kappa shape index (κ1) is 33.7. The van der Waals surface area contributed by atoms with E-state index in [0.29, 0.717) is 30.7 Å². The van der Waals surface area contributed by atoms with Gasteiger partial charge in [-0.2, -0.15) is 0 Å². The van der Waals surface area contributed by atoms with Crippen LogP contribution < -0.4 is 15.4 Å². The second-order valence-electron chi connectivity index (χ2n) is 11.7. The number of benzene rings is 1. The second kappa shape index (κ2) is 13.8. The average Bonchev–Trinajstić information content (AvgIpc) is 2.97.